The van der Waals surface area contributed by atoms with Crippen LogP contribution in [0.5, 0.6) is 0 Å². The summed E-state index contributed by atoms with van der Waals surface area (Å²) in [6.07, 6.45) is 2.47. The lowest BCUT2D eigenvalue weighted by Gasteiger charge is -2.40. The molecule has 1 unspecified atom stereocenters. The number of rotatable bonds is 3. The zero-order valence-corrected chi connectivity index (χ0v) is 11.1. The van der Waals surface area contributed by atoms with Crippen molar-refractivity contribution in [1.82, 2.24) is 5.32 Å². The van der Waals surface area contributed by atoms with E-state index < -0.39 is 0 Å². The van der Waals surface area contributed by atoms with Crippen molar-refractivity contribution >= 4 is 0 Å². The second-order valence-corrected chi connectivity index (χ2v) is 5.02. The van der Waals surface area contributed by atoms with Gasteiger partial charge in [-0.15, -0.1) is 0 Å². The Kier molecular flexibility index (Phi) is 3.85. The van der Waals surface area contributed by atoms with Crippen molar-refractivity contribution in [3.8, 4) is 0 Å². The number of nitrogens with one attached hydrogen (secondary N) is 1. The summed E-state index contributed by atoms with van der Waals surface area (Å²) in [6, 6.07) is 8.50. The van der Waals surface area contributed by atoms with Crippen LogP contribution in [0.3, 0.4) is 0 Å². The van der Waals surface area contributed by atoms with E-state index in [-0.39, 0.29) is 11.6 Å². The van der Waals surface area contributed by atoms with Gasteiger partial charge >= 0.3 is 0 Å². The first-order valence-electron chi connectivity index (χ1n) is 6.63. The van der Waals surface area contributed by atoms with E-state index in [2.05, 4.69) is 50.4 Å². The van der Waals surface area contributed by atoms with E-state index in [1.165, 1.54) is 11.1 Å². The van der Waals surface area contributed by atoms with Gasteiger partial charge in [0.1, 0.15) is 0 Å². The van der Waals surface area contributed by atoms with Gasteiger partial charge in [-0.25, -0.2) is 0 Å². The Labute approximate surface area is 104 Å². The predicted octanol–water partition coefficient (Wildman–Crippen LogP) is 3.21. The predicted molar refractivity (Wildman–Crippen MR) is 71.2 cm³/mol. The highest BCUT2D eigenvalue weighted by molar-refractivity contribution is 5.28. The molecule has 0 spiro atoms. The molecule has 0 bridgehead atoms. The molecule has 1 atom stereocenters. The molecule has 2 nitrogen and oxygen atoms in total. The first-order valence-corrected chi connectivity index (χ1v) is 6.63. The second kappa shape index (κ2) is 5.19. The largest absolute Gasteiger partial charge is 0.370 e. The van der Waals surface area contributed by atoms with Crippen molar-refractivity contribution in [2.24, 2.45) is 0 Å². The summed E-state index contributed by atoms with van der Waals surface area (Å²) < 4.78 is 6.08. The van der Waals surface area contributed by atoms with E-state index in [0.717, 1.165) is 26.0 Å². The molecule has 1 fully saturated rings. The number of benzene rings is 1. The molecule has 1 aliphatic rings. The molecule has 1 saturated heterocycles. The lowest BCUT2D eigenvalue weighted by molar-refractivity contribution is -0.0377. The molecule has 0 aromatic heterocycles. The van der Waals surface area contributed by atoms with Gasteiger partial charge in [-0.1, -0.05) is 38.1 Å². The van der Waals surface area contributed by atoms with Crippen LogP contribution in [0.25, 0.3) is 0 Å². The third-order valence-corrected chi connectivity index (χ3v) is 4.11. The number of aryl methyl sites for hydroxylation is 1. The SMILES string of the molecule is CCC1(CC)COC(c2ccccc2C)CN1. The summed E-state index contributed by atoms with van der Waals surface area (Å²) in [6.45, 7) is 8.35. The van der Waals surface area contributed by atoms with Crippen molar-refractivity contribution < 1.29 is 4.74 Å². The van der Waals surface area contributed by atoms with Crippen LogP contribution in [-0.2, 0) is 4.74 Å². The molecule has 2 rings (SSSR count). The molecule has 1 aromatic carbocycles. The van der Waals surface area contributed by atoms with Crippen molar-refractivity contribution in [3.63, 3.8) is 0 Å². The highest BCUT2D eigenvalue weighted by Gasteiger charge is 2.33. The van der Waals surface area contributed by atoms with E-state index in [1.54, 1.807) is 0 Å². The van der Waals surface area contributed by atoms with Crippen LogP contribution in [0, 0.1) is 6.92 Å². The Balaban J connectivity index is 2.07. The van der Waals surface area contributed by atoms with Gasteiger partial charge in [0.05, 0.1) is 12.7 Å². The molecule has 94 valence electrons. The lowest BCUT2D eigenvalue weighted by Crippen LogP contribution is -2.54. The summed E-state index contributed by atoms with van der Waals surface area (Å²) in [7, 11) is 0. The van der Waals surface area contributed by atoms with Crippen LogP contribution in [-0.4, -0.2) is 18.7 Å². The van der Waals surface area contributed by atoms with Crippen molar-refractivity contribution in [2.75, 3.05) is 13.2 Å². The third kappa shape index (κ3) is 2.53. The zero-order valence-electron chi connectivity index (χ0n) is 11.1. The van der Waals surface area contributed by atoms with Crippen LogP contribution < -0.4 is 5.32 Å². The maximum absolute atomic E-state index is 6.08. The first-order chi connectivity index (χ1) is 8.21. The maximum Gasteiger partial charge on any atom is 0.0952 e. The normalized spacial score (nSPS) is 23.6. The van der Waals surface area contributed by atoms with Gasteiger partial charge in [-0.05, 0) is 30.9 Å². The Morgan fingerprint density at radius 3 is 2.53 bits per heavy atom. The van der Waals surface area contributed by atoms with Gasteiger partial charge in [-0.2, -0.15) is 0 Å². The molecule has 0 saturated carbocycles. The average molecular weight is 233 g/mol. The highest BCUT2D eigenvalue weighted by atomic mass is 16.5. The van der Waals surface area contributed by atoms with Gasteiger partial charge < -0.3 is 10.1 Å². The summed E-state index contributed by atoms with van der Waals surface area (Å²) in [5, 5.41) is 3.68. The lowest BCUT2D eigenvalue weighted by atomic mass is 9.91. The van der Waals surface area contributed by atoms with E-state index in [4.69, 9.17) is 4.74 Å². The molecular formula is C15H23NO. The van der Waals surface area contributed by atoms with E-state index in [0.29, 0.717) is 0 Å². The topological polar surface area (TPSA) is 21.3 Å². The molecule has 1 aliphatic heterocycles. The summed E-state index contributed by atoms with van der Waals surface area (Å²) >= 11 is 0. The third-order valence-electron chi connectivity index (χ3n) is 4.11. The van der Waals surface area contributed by atoms with Gasteiger partial charge in [0, 0.05) is 12.1 Å². The number of morpholine rings is 1. The Bertz CT molecular complexity index is 361. The minimum atomic E-state index is 0.194. The molecule has 1 aromatic rings. The smallest absolute Gasteiger partial charge is 0.0952 e. The number of hydrogen-bond acceptors (Lipinski definition) is 2. The first kappa shape index (κ1) is 12.6. The minimum absolute atomic E-state index is 0.194. The quantitative estimate of drug-likeness (QED) is 0.865. The Morgan fingerprint density at radius 2 is 2.00 bits per heavy atom. The van der Waals surface area contributed by atoms with Crippen LogP contribution in [0.1, 0.15) is 43.9 Å². The zero-order chi connectivity index (χ0) is 12.3. The van der Waals surface area contributed by atoms with Gasteiger partial charge in [0.15, 0.2) is 0 Å². The Hall–Kier alpha value is -0.860. The van der Waals surface area contributed by atoms with Crippen molar-refractivity contribution in [1.29, 1.82) is 0 Å². The van der Waals surface area contributed by atoms with Crippen molar-refractivity contribution in [2.45, 2.75) is 45.3 Å². The molecule has 2 heteroatoms. The molecular weight excluding hydrogens is 210 g/mol. The second-order valence-electron chi connectivity index (χ2n) is 5.02. The van der Waals surface area contributed by atoms with Crippen LogP contribution in [0.15, 0.2) is 24.3 Å². The summed E-state index contributed by atoms with van der Waals surface area (Å²) in [4.78, 5) is 0. The number of ether oxygens (including phenoxy) is 1. The van der Waals surface area contributed by atoms with E-state index in [9.17, 15) is 0 Å². The van der Waals surface area contributed by atoms with Gasteiger partial charge in [-0.3, -0.25) is 0 Å². The standard InChI is InChI=1S/C15H23NO/c1-4-15(5-2)11-17-14(10-16-15)13-9-7-6-8-12(13)3/h6-9,14,16H,4-5,10-11H2,1-3H3. The average Bonchev–Trinajstić information content (AvgIpc) is 2.40. The number of hydrogen-bond donors (Lipinski definition) is 1. The highest BCUT2D eigenvalue weighted by Crippen LogP contribution is 2.28. The fourth-order valence-electron chi connectivity index (χ4n) is 2.53. The van der Waals surface area contributed by atoms with Gasteiger partial charge in [0.2, 0.25) is 0 Å². The van der Waals surface area contributed by atoms with Crippen molar-refractivity contribution in [3.05, 3.63) is 35.4 Å². The van der Waals surface area contributed by atoms with Gasteiger partial charge in [0.25, 0.3) is 0 Å². The molecule has 17 heavy (non-hydrogen) atoms. The molecule has 0 radical (unpaired) electrons. The fourth-order valence-corrected chi connectivity index (χ4v) is 2.53. The minimum Gasteiger partial charge on any atom is -0.370 e. The molecule has 1 heterocycles. The molecule has 1 N–H and O–H groups in total. The molecule has 0 aliphatic carbocycles. The van der Waals surface area contributed by atoms with Crippen LogP contribution >= 0.6 is 0 Å². The maximum atomic E-state index is 6.08. The van der Waals surface area contributed by atoms with Crippen LogP contribution in [0.2, 0.25) is 0 Å². The van der Waals surface area contributed by atoms with E-state index in [1.807, 2.05) is 0 Å². The van der Waals surface area contributed by atoms with E-state index >= 15 is 0 Å². The fraction of sp³-hybridized carbons (Fsp3) is 0.600. The van der Waals surface area contributed by atoms with Crippen LogP contribution in [0.4, 0.5) is 0 Å². The summed E-state index contributed by atoms with van der Waals surface area (Å²) in [5.74, 6) is 0. The molecule has 0 amide bonds. The summed E-state index contributed by atoms with van der Waals surface area (Å²) in [5.41, 5.74) is 2.83. The Morgan fingerprint density at radius 1 is 1.29 bits per heavy atom. The monoisotopic (exact) mass is 233 g/mol.